The molecule has 2 amide bonds. The number of pyridine rings is 1. The molecule has 26 heavy (non-hydrogen) atoms. The van der Waals surface area contributed by atoms with Gasteiger partial charge in [0, 0.05) is 25.7 Å². The van der Waals surface area contributed by atoms with Gasteiger partial charge in [-0.05, 0) is 18.1 Å². The highest BCUT2D eigenvalue weighted by molar-refractivity contribution is 7.91. The molecule has 3 rings (SSSR count). The van der Waals surface area contributed by atoms with E-state index in [1.807, 2.05) is 13.8 Å². The first-order valence-corrected chi connectivity index (χ1v) is 10.5. The fourth-order valence-corrected chi connectivity index (χ4v) is 5.66. The second kappa shape index (κ2) is 6.86. The Kier molecular flexibility index (Phi) is 4.92. The van der Waals surface area contributed by atoms with Crippen LogP contribution in [0.3, 0.4) is 0 Å². The third kappa shape index (κ3) is 3.67. The standard InChI is InChI=1S/C17H24N4O4S/c1-11(2)7-16(22)20-5-6-21(14-10-26(24,25)9-13(14)20)17(23)12-3-4-15(18)19-8-12/h3-4,8,11,13-14H,5-7,9-10H2,1-2H3,(H2,18,19)/t13-,14+/m1/s1. The molecule has 0 unspecified atom stereocenters. The molecule has 0 radical (unpaired) electrons. The number of nitrogens with two attached hydrogens (primary N) is 1. The van der Waals surface area contributed by atoms with E-state index < -0.39 is 21.9 Å². The molecule has 0 spiro atoms. The van der Waals surface area contributed by atoms with Gasteiger partial charge in [0.15, 0.2) is 9.84 Å². The van der Waals surface area contributed by atoms with Crippen LogP contribution in [0.2, 0.25) is 0 Å². The number of carbonyl (C=O) groups excluding carboxylic acids is 2. The molecule has 2 saturated heterocycles. The van der Waals surface area contributed by atoms with Crippen molar-refractivity contribution >= 4 is 27.5 Å². The zero-order valence-corrected chi connectivity index (χ0v) is 15.8. The van der Waals surface area contributed by atoms with Gasteiger partial charge in [0.25, 0.3) is 5.91 Å². The Morgan fingerprint density at radius 3 is 2.38 bits per heavy atom. The van der Waals surface area contributed by atoms with Crippen molar-refractivity contribution in [2.24, 2.45) is 5.92 Å². The van der Waals surface area contributed by atoms with Crippen molar-refractivity contribution in [1.29, 1.82) is 0 Å². The number of anilines is 1. The van der Waals surface area contributed by atoms with E-state index in [1.165, 1.54) is 6.20 Å². The van der Waals surface area contributed by atoms with Gasteiger partial charge in [-0.3, -0.25) is 9.59 Å². The van der Waals surface area contributed by atoms with E-state index in [0.717, 1.165) is 0 Å². The van der Waals surface area contributed by atoms with Crippen LogP contribution in [-0.2, 0) is 14.6 Å². The van der Waals surface area contributed by atoms with Crippen molar-refractivity contribution < 1.29 is 18.0 Å². The summed E-state index contributed by atoms with van der Waals surface area (Å²) in [7, 11) is -3.30. The van der Waals surface area contributed by atoms with E-state index >= 15 is 0 Å². The minimum atomic E-state index is -3.30. The minimum absolute atomic E-state index is 0.0478. The van der Waals surface area contributed by atoms with Crippen LogP contribution < -0.4 is 5.73 Å². The van der Waals surface area contributed by atoms with Gasteiger partial charge in [0.05, 0.1) is 29.2 Å². The summed E-state index contributed by atoms with van der Waals surface area (Å²) < 4.78 is 24.5. The number of hydrogen-bond donors (Lipinski definition) is 1. The zero-order chi connectivity index (χ0) is 19.1. The van der Waals surface area contributed by atoms with Gasteiger partial charge in [0.2, 0.25) is 5.91 Å². The number of amides is 2. The van der Waals surface area contributed by atoms with Gasteiger partial charge in [-0.1, -0.05) is 13.8 Å². The Morgan fingerprint density at radius 2 is 1.81 bits per heavy atom. The van der Waals surface area contributed by atoms with Crippen LogP contribution >= 0.6 is 0 Å². The van der Waals surface area contributed by atoms with Gasteiger partial charge in [-0.25, -0.2) is 13.4 Å². The fourth-order valence-electron chi connectivity index (χ4n) is 3.68. The predicted molar refractivity (Wildman–Crippen MR) is 97.1 cm³/mol. The summed E-state index contributed by atoms with van der Waals surface area (Å²) in [6.45, 7) is 4.56. The molecule has 2 fully saturated rings. The second-order valence-electron chi connectivity index (χ2n) is 7.37. The van der Waals surface area contributed by atoms with Gasteiger partial charge in [-0.15, -0.1) is 0 Å². The van der Waals surface area contributed by atoms with Crippen molar-refractivity contribution in [3.05, 3.63) is 23.9 Å². The maximum Gasteiger partial charge on any atom is 0.255 e. The quantitative estimate of drug-likeness (QED) is 0.799. The second-order valence-corrected chi connectivity index (χ2v) is 9.52. The molecule has 2 N–H and O–H groups in total. The highest BCUT2D eigenvalue weighted by atomic mass is 32.2. The first-order valence-electron chi connectivity index (χ1n) is 8.70. The minimum Gasteiger partial charge on any atom is -0.384 e. The van der Waals surface area contributed by atoms with Crippen LogP contribution in [0.1, 0.15) is 30.6 Å². The predicted octanol–water partition coefficient (Wildman–Crippen LogP) is 0.160. The SMILES string of the molecule is CC(C)CC(=O)N1CCN(C(=O)c2ccc(N)nc2)[C@H]2CS(=O)(=O)C[C@H]21. The molecule has 2 aliphatic heterocycles. The molecule has 142 valence electrons. The molecule has 2 atom stereocenters. The van der Waals surface area contributed by atoms with Crippen molar-refractivity contribution in [3.63, 3.8) is 0 Å². The van der Waals surface area contributed by atoms with Gasteiger partial charge >= 0.3 is 0 Å². The average Bonchev–Trinajstić information content (AvgIpc) is 2.88. The van der Waals surface area contributed by atoms with Crippen LogP contribution in [0.4, 0.5) is 5.82 Å². The molecule has 2 aliphatic rings. The van der Waals surface area contributed by atoms with E-state index in [9.17, 15) is 18.0 Å². The van der Waals surface area contributed by atoms with Crippen molar-refractivity contribution in [2.45, 2.75) is 32.4 Å². The molecule has 3 heterocycles. The average molecular weight is 380 g/mol. The number of rotatable bonds is 3. The summed E-state index contributed by atoms with van der Waals surface area (Å²) in [6, 6.07) is 2.12. The number of sulfone groups is 1. The number of hydrogen-bond acceptors (Lipinski definition) is 6. The molecule has 8 nitrogen and oxygen atoms in total. The number of nitrogen functional groups attached to an aromatic ring is 1. The van der Waals surface area contributed by atoms with Crippen molar-refractivity contribution in [2.75, 3.05) is 30.3 Å². The lowest BCUT2D eigenvalue weighted by atomic mass is 10.0. The van der Waals surface area contributed by atoms with E-state index in [4.69, 9.17) is 5.73 Å². The number of nitrogens with zero attached hydrogens (tertiary/aromatic N) is 3. The first-order chi connectivity index (χ1) is 12.2. The number of piperazine rings is 1. The monoisotopic (exact) mass is 380 g/mol. The molecule has 1 aromatic heterocycles. The molecule has 0 aromatic carbocycles. The van der Waals surface area contributed by atoms with Gasteiger partial charge in [0.1, 0.15) is 5.82 Å². The fraction of sp³-hybridized carbons (Fsp3) is 0.588. The topological polar surface area (TPSA) is 114 Å². The molecule has 0 saturated carbocycles. The van der Waals surface area contributed by atoms with Crippen LogP contribution in [-0.4, -0.2) is 71.7 Å². The van der Waals surface area contributed by atoms with E-state index in [2.05, 4.69) is 4.98 Å². The molecule has 0 aliphatic carbocycles. The van der Waals surface area contributed by atoms with E-state index in [0.29, 0.717) is 30.9 Å². The number of aromatic nitrogens is 1. The summed E-state index contributed by atoms with van der Waals surface area (Å²) in [6.07, 6.45) is 1.77. The highest BCUT2D eigenvalue weighted by Crippen LogP contribution is 2.29. The summed E-state index contributed by atoms with van der Waals surface area (Å²) >= 11 is 0. The molecular formula is C17H24N4O4S. The molecule has 0 bridgehead atoms. The Labute approximate surface area is 153 Å². The lowest BCUT2D eigenvalue weighted by molar-refractivity contribution is -0.137. The van der Waals surface area contributed by atoms with Gasteiger partial charge in [-0.2, -0.15) is 0 Å². The lowest BCUT2D eigenvalue weighted by Gasteiger charge is -2.44. The van der Waals surface area contributed by atoms with Gasteiger partial charge < -0.3 is 15.5 Å². The zero-order valence-electron chi connectivity index (χ0n) is 15.0. The molecule has 1 aromatic rings. The maximum absolute atomic E-state index is 12.9. The van der Waals surface area contributed by atoms with Crippen LogP contribution in [0, 0.1) is 5.92 Å². The third-order valence-electron chi connectivity index (χ3n) is 4.87. The Hall–Kier alpha value is -2.16. The Bertz CT molecular complexity index is 807. The summed E-state index contributed by atoms with van der Waals surface area (Å²) in [4.78, 5) is 32.6. The third-order valence-corrected chi connectivity index (χ3v) is 6.57. The number of fused-ring (bicyclic) bond motifs is 1. The number of carbonyl (C=O) groups is 2. The maximum atomic E-state index is 12.9. The van der Waals surface area contributed by atoms with Crippen molar-refractivity contribution in [3.8, 4) is 0 Å². The normalized spacial score (nSPS) is 24.6. The summed E-state index contributed by atoms with van der Waals surface area (Å²) in [5.41, 5.74) is 5.92. The summed E-state index contributed by atoms with van der Waals surface area (Å²) in [5, 5.41) is 0. The summed E-state index contributed by atoms with van der Waals surface area (Å²) in [5.74, 6) is -0.0249. The van der Waals surface area contributed by atoms with Crippen LogP contribution in [0.25, 0.3) is 0 Å². The van der Waals surface area contributed by atoms with Crippen LogP contribution in [0.5, 0.6) is 0 Å². The Balaban J connectivity index is 1.85. The lowest BCUT2D eigenvalue weighted by Crippen LogP contribution is -2.62. The first kappa shape index (κ1) is 18.6. The van der Waals surface area contributed by atoms with E-state index in [-0.39, 0.29) is 29.2 Å². The van der Waals surface area contributed by atoms with Crippen LogP contribution in [0.15, 0.2) is 18.3 Å². The highest BCUT2D eigenvalue weighted by Gasteiger charge is 2.49. The Morgan fingerprint density at radius 1 is 1.19 bits per heavy atom. The molecular weight excluding hydrogens is 356 g/mol. The van der Waals surface area contributed by atoms with E-state index in [1.54, 1.807) is 21.9 Å². The van der Waals surface area contributed by atoms with Crippen molar-refractivity contribution in [1.82, 2.24) is 14.8 Å². The molecule has 9 heteroatoms. The largest absolute Gasteiger partial charge is 0.384 e. The smallest absolute Gasteiger partial charge is 0.255 e.